The molecule has 6 heteroatoms. The van der Waals surface area contributed by atoms with Gasteiger partial charge in [0.25, 0.3) is 0 Å². The lowest BCUT2D eigenvalue weighted by Gasteiger charge is -2.12. The van der Waals surface area contributed by atoms with Crippen molar-refractivity contribution in [2.45, 2.75) is 13.3 Å². The molecule has 0 aliphatic carbocycles. The highest BCUT2D eigenvalue weighted by Crippen LogP contribution is 2.29. The van der Waals surface area contributed by atoms with E-state index in [4.69, 9.17) is 9.47 Å². The number of hydrogen-bond donors (Lipinski definition) is 3. The second kappa shape index (κ2) is 10.9. The molecule has 0 aliphatic rings. The number of rotatable bonds is 9. The van der Waals surface area contributed by atoms with Crippen LogP contribution in [0.25, 0.3) is 0 Å². The highest BCUT2D eigenvalue weighted by molar-refractivity contribution is 5.79. The number of nitrogens with one attached hydrogen (secondary N) is 2. The number of benzene rings is 2. The molecule has 0 unspecified atom stereocenters. The minimum absolute atomic E-state index is 0.180. The molecule has 0 fully saturated rings. The van der Waals surface area contributed by atoms with Gasteiger partial charge in [0, 0.05) is 13.1 Å². The number of guanidine groups is 1. The van der Waals surface area contributed by atoms with Crippen molar-refractivity contribution >= 4 is 5.96 Å². The van der Waals surface area contributed by atoms with Gasteiger partial charge in [-0.2, -0.15) is 0 Å². The molecule has 0 saturated heterocycles. The van der Waals surface area contributed by atoms with Crippen LogP contribution in [0.15, 0.2) is 53.5 Å². The first kappa shape index (κ1) is 19.4. The van der Waals surface area contributed by atoms with Gasteiger partial charge in [0.15, 0.2) is 17.5 Å². The molecule has 0 heterocycles. The first-order chi connectivity index (χ1) is 12.7. The van der Waals surface area contributed by atoms with E-state index < -0.39 is 0 Å². The Balaban J connectivity index is 1.80. The van der Waals surface area contributed by atoms with Gasteiger partial charge < -0.3 is 25.2 Å². The van der Waals surface area contributed by atoms with Crippen molar-refractivity contribution in [1.82, 2.24) is 10.6 Å². The monoisotopic (exact) mass is 357 g/mol. The van der Waals surface area contributed by atoms with E-state index >= 15 is 0 Å². The van der Waals surface area contributed by atoms with E-state index in [1.165, 1.54) is 0 Å². The van der Waals surface area contributed by atoms with Gasteiger partial charge in [0.05, 0.1) is 13.7 Å². The molecule has 26 heavy (non-hydrogen) atoms. The number of aromatic hydroxyl groups is 1. The van der Waals surface area contributed by atoms with Crippen molar-refractivity contribution in [2.75, 3.05) is 33.4 Å². The Hall–Kier alpha value is -2.89. The molecule has 0 aliphatic heterocycles. The summed E-state index contributed by atoms with van der Waals surface area (Å²) in [5.41, 5.74) is 0.816. The first-order valence-corrected chi connectivity index (χ1v) is 8.79. The second-order valence-corrected chi connectivity index (χ2v) is 5.57. The lowest BCUT2D eigenvalue weighted by atomic mass is 10.1. The third-order valence-electron chi connectivity index (χ3n) is 3.70. The van der Waals surface area contributed by atoms with E-state index in [2.05, 4.69) is 15.6 Å². The predicted octanol–water partition coefficient (Wildman–Crippen LogP) is 2.58. The van der Waals surface area contributed by atoms with Crippen molar-refractivity contribution in [1.29, 1.82) is 0 Å². The van der Waals surface area contributed by atoms with Crippen molar-refractivity contribution in [3.05, 3.63) is 54.1 Å². The van der Waals surface area contributed by atoms with Gasteiger partial charge in [0.1, 0.15) is 12.4 Å². The number of hydrogen-bond acceptors (Lipinski definition) is 4. The van der Waals surface area contributed by atoms with Crippen LogP contribution < -0.4 is 20.1 Å². The van der Waals surface area contributed by atoms with Crippen LogP contribution in [0.4, 0.5) is 0 Å². The number of ether oxygens (including phenoxy) is 2. The van der Waals surface area contributed by atoms with E-state index in [1.807, 2.05) is 49.4 Å². The number of phenols is 1. The van der Waals surface area contributed by atoms with Gasteiger partial charge in [-0.05, 0) is 37.1 Å². The Kier molecular flexibility index (Phi) is 8.12. The van der Waals surface area contributed by atoms with E-state index in [0.717, 1.165) is 23.8 Å². The molecule has 140 valence electrons. The molecule has 2 aromatic rings. The normalized spacial score (nSPS) is 11.1. The van der Waals surface area contributed by atoms with Crippen molar-refractivity contribution in [2.24, 2.45) is 4.99 Å². The first-order valence-electron chi connectivity index (χ1n) is 8.79. The molecule has 2 aromatic carbocycles. The van der Waals surface area contributed by atoms with Crippen LogP contribution in [0.1, 0.15) is 12.5 Å². The van der Waals surface area contributed by atoms with Crippen molar-refractivity contribution in [3.63, 3.8) is 0 Å². The van der Waals surface area contributed by atoms with Crippen molar-refractivity contribution in [3.8, 4) is 17.2 Å². The fourth-order valence-corrected chi connectivity index (χ4v) is 2.42. The fraction of sp³-hybridized carbons (Fsp3) is 0.350. The number of phenolic OH excluding ortho intramolecular Hbond substituents is 1. The summed E-state index contributed by atoms with van der Waals surface area (Å²) in [5.74, 6) is 2.24. The highest BCUT2D eigenvalue weighted by atomic mass is 16.5. The zero-order chi connectivity index (χ0) is 18.6. The molecule has 6 nitrogen and oxygen atoms in total. The molecule has 0 bridgehead atoms. The Morgan fingerprint density at radius 2 is 1.88 bits per heavy atom. The molecular weight excluding hydrogens is 330 g/mol. The summed E-state index contributed by atoms with van der Waals surface area (Å²) in [5, 5.41) is 16.6. The molecule has 0 saturated carbocycles. The summed E-state index contributed by atoms with van der Waals surface area (Å²) in [6.45, 7) is 4.53. The zero-order valence-corrected chi connectivity index (χ0v) is 15.4. The van der Waals surface area contributed by atoms with Gasteiger partial charge in [-0.25, -0.2) is 0 Å². The Morgan fingerprint density at radius 1 is 1.08 bits per heavy atom. The van der Waals surface area contributed by atoms with Gasteiger partial charge in [-0.1, -0.05) is 30.3 Å². The lowest BCUT2D eigenvalue weighted by molar-refractivity contribution is 0.322. The van der Waals surface area contributed by atoms with Crippen LogP contribution >= 0.6 is 0 Å². The van der Waals surface area contributed by atoms with E-state index in [1.54, 1.807) is 13.2 Å². The van der Waals surface area contributed by atoms with E-state index in [-0.39, 0.29) is 5.75 Å². The summed E-state index contributed by atoms with van der Waals surface area (Å²) in [6, 6.07) is 15.2. The maximum atomic E-state index is 10.1. The Morgan fingerprint density at radius 3 is 2.62 bits per heavy atom. The maximum Gasteiger partial charge on any atom is 0.191 e. The molecule has 0 aromatic heterocycles. The van der Waals surface area contributed by atoms with Crippen molar-refractivity contribution < 1.29 is 14.6 Å². The number of methoxy groups -OCH3 is 1. The number of para-hydroxylation sites is 2. The quantitative estimate of drug-likeness (QED) is 0.365. The largest absolute Gasteiger partial charge is 0.504 e. The second-order valence-electron chi connectivity index (χ2n) is 5.57. The summed E-state index contributed by atoms with van der Waals surface area (Å²) in [4.78, 5) is 4.54. The standard InChI is InChI=1S/C20H27N3O3/c1-3-21-20(23-14-15-26-17-9-5-4-6-10-17)22-13-12-16-8-7-11-18(25-2)19(16)24/h4-11,24H,3,12-15H2,1-2H3,(H2,21,22,23). The van der Waals surface area contributed by atoms with Crippen LogP contribution in [-0.4, -0.2) is 44.4 Å². The van der Waals surface area contributed by atoms with Crippen LogP contribution in [0.3, 0.4) is 0 Å². The average Bonchev–Trinajstić information content (AvgIpc) is 2.67. The summed E-state index contributed by atoms with van der Waals surface area (Å²) in [6.07, 6.45) is 0.625. The Bertz CT molecular complexity index is 690. The number of aliphatic imine (C=N–C) groups is 1. The smallest absolute Gasteiger partial charge is 0.191 e. The summed E-state index contributed by atoms with van der Waals surface area (Å²) >= 11 is 0. The lowest BCUT2D eigenvalue weighted by Crippen LogP contribution is -2.39. The highest BCUT2D eigenvalue weighted by Gasteiger charge is 2.06. The maximum absolute atomic E-state index is 10.1. The van der Waals surface area contributed by atoms with Gasteiger partial charge in [-0.15, -0.1) is 0 Å². The van der Waals surface area contributed by atoms with Gasteiger partial charge in [-0.3, -0.25) is 4.99 Å². The summed E-state index contributed by atoms with van der Waals surface area (Å²) in [7, 11) is 1.54. The zero-order valence-electron chi connectivity index (χ0n) is 15.4. The molecule has 0 atom stereocenters. The number of nitrogens with zero attached hydrogens (tertiary/aromatic N) is 1. The molecule has 2 rings (SSSR count). The fourth-order valence-electron chi connectivity index (χ4n) is 2.42. The van der Waals surface area contributed by atoms with Crippen LogP contribution in [-0.2, 0) is 6.42 Å². The molecule has 0 spiro atoms. The van der Waals surface area contributed by atoms with E-state index in [9.17, 15) is 5.11 Å². The predicted molar refractivity (Wildman–Crippen MR) is 104 cm³/mol. The van der Waals surface area contributed by atoms with Gasteiger partial charge >= 0.3 is 0 Å². The van der Waals surface area contributed by atoms with Crippen LogP contribution in [0.5, 0.6) is 17.2 Å². The topological polar surface area (TPSA) is 75.1 Å². The molecular formula is C20H27N3O3. The third-order valence-corrected chi connectivity index (χ3v) is 3.70. The molecule has 0 radical (unpaired) electrons. The minimum atomic E-state index is 0.180. The van der Waals surface area contributed by atoms with Gasteiger partial charge in [0.2, 0.25) is 0 Å². The van der Waals surface area contributed by atoms with Crippen LogP contribution in [0.2, 0.25) is 0 Å². The summed E-state index contributed by atoms with van der Waals surface area (Å²) < 4.78 is 10.8. The Labute approximate surface area is 154 Å². The SMILES string of the molecule is CCNC(=NCCc1cccc(OC)c1O)NCCOc1ccccc1. The van der Waals surface area contributed by atoms with Crippen LogP contribution in [0, 0.1) is 0 Å². The average molecular weight is 357 g/mol. The minimum Gasteiger partial charge on any atom is -0.504 e. The molecule has 0 amide bonds. The van der Waals surface area contributed by atoms with E-state index in [0.29, 0.717) is 31.9 Å². The molecule has 3 N–H and O–H groups in total. The third kappa shape index (κ3) is 6.20.